The van der Waals surface area contributed by atoms with Gasteiger partial charge in [-0.1, -0.05) is 105 Å². The van der Waals surface area contributed by atoms with E-state index in [1.54, 1.807) is 0 Å². The molecular formula is C52H32BF24NO. The number of hydrogen-bond donors (Lipinski definition) is 0. The van der Waals surface area contributed by atoms with Crippen molar-refractivity contribution >= 4 is 44.7 Å². The Balaban J connectivity index is 0.000000378. The highest BCUT2D eigenvalue weighted by molar-refractivity contribution is 7.20. The first kappa shape index (κ1) is 61.0. The van der Waals surface area contributed by atoms with Crippen molar-refractivity contribution in [2.75, 3.05) is 0 Å². The molecule has 0 amide bonds. The summed E-state index contributed by atoms with van der Waals surface area (Å²) in [5.74, 6) is 0.511. The number of carbonyl (C=O) groups excluding carboxylic acids is 1. The average Bonchev–Trinajstić information content (AvgIpc) is 3.38. The van der Waals surface area contributed by atoms with Crippen molar-refractivity contribution in [1.82, 2.24) is 0 Å². The molecule has 0 aliphatic rings. The van der Waals surface area contributed by atoms with Crippen LogP contribution in [0.1, 0.15) is 80.3 Å². The molecule has 0 aliphatic heterocycles. The van der Waals surface area contributed by atoms with Crippen molar-refractivity contribution in [2.24, 2.45) is 0 Å². The highest BCUT2D eigenvalue weighted by Gasteiger charge is 2.47. The first-order valence-corrected chi connectivity index (χ1v) is 22.3. The molecule has 0 unspecified atom stereocenters. The lowest BCUT2D eigenvalue weighted by Crippen LogP contribution is -2.75. The van der Waals surface area contributed by atoms with Crippen molar-refractivity contribution < 1.29 is 115 Å². The van der Waals surface area contributed by atoms with Crippen LogP contribution >= 0.6 is 0 Å². The van der Waals surface area contributed by atoms with E-state index in [1.165, 1.54) is 5.69 Å². The number of hydrogen-bond acceptors (Lipinski definition) is 1. The van der Waals surface area contributed by atoms with Gasteiger partial charge in [-0.3, -0.25) is 4.79 Å². The minimum absolute atomic E-state index is 0.142. The Hall–Kier alpha value is -7.22. The van der Waals surface area contributed by atoms with Crippen LogP contribution in [0.15, 0.2) is 140 Å². The van der Waals surface area contributed by atoms with Crippen LogP contribution in [0, 0.1) is 0 Å². The molecular weight excluding hydrogens is 1120 g/mol. The SMILES string of the molecule is CC(C)c1ccc2ccccc2[n+]1CC(=O)c1ccccc1.FC(F)(F)c1cc([B-](c2cc(C(F)(F)F)cc(C(F)(F)F)c2)(c2cc(C(F)(F)F)cc(C(F)(F)F)c2)c2cc(C(F)(F)F)cc(C(F)(F)F)c2)cc(C(F)(F)F)c1. The van der Waals surface area contributed by atoms with Crippen LogP contribution in [0.5, 0.6) is 0 Å². The van der Waals surface area contributed by atoms with E-state index >= 15 is 0 Å². The highest BCUT2D eigenvalue weighted by Crippen LogP contribution is 2.41. The number of para-hydroxylation sites is 1. The Kier molecular flexibility index (Phi) is 16.3. The van der Waals surface area contributed by atoms with Crippen LogP contribution in [0.2, 0.25) is 0 Å². The van der Waals surface area contributed by atoms with E-state index in [9.17, 15) is 110 Å². The molecule has 0 atom stereocenters. The Morgan fingerprint density at radius 3 is 0.899 bits per heavy atom. The number of benzene rings is 6. The lowest BCUT2D eigenvalue weighted by molar-refractivity contribution is -0.665. The van der Waals surface area contributed by atoms with Crippen LogP contribution in [-0.2, 0) is 56.0 Å². The van der Waals surface area contributed by atoms with E-state index in [1.807, 2.05) is 42.5 Å². The molecule has 0 saturated carbocycles. The molecule has 79 heavy (non-hydrogen) atoms. The van der Waals surface area contributed by atoms with E-state index < -0.39 is 195 Å². The van der Waals surface area contributed by atoms with E-state index in [2.05, 4.69) is 42.7 Å². The molecule has 0 fully saturated rings. The number of carbonyl (C=O) groups is 1. The number of rotatable bonds is 8. The van der Waals surface area contributed by atoms with Gasteiger partial charge in [-0.2, -0.15) is 132 Å². The molecule has 1 heterocycles. The number of alkyl halides is 24. The van der Waals surface area contributed by atoms with Gasteiger partial charge in [0.25, 0.3) is 0 Å². The Bertz CT molecular complexity index is 2920. The van der Waals surface area contributed by atoms with Gasteiger partial charge in [0, 0.05) is 29.0 Å². The van der Waals surface area contributed by atoms with Gasteiger partial charge >= 0.3 is 49.4 Å². The number of Topliss-reactive ketones (excluding diaryl/α,β-unsaturated/α-hetero) is 1. The number of halogens is 24. The third kappa shape index (κ3) is 13.6. The molecule has 0 N–H and O–H groups in total. The summed E-state index contributed by atoms with van der Waals surface area (Å²) in [5.41, 5.74) is -27.2. The lowest BCUT2D eigenvalue weighted by Gasteiger charge is -2.46. The summed E-state index contributed by atoms with van der Waals surface area (Å²) in [4.78, 5) is 12.6. The summed E-state index contributed by atoms with van der Waals surface area (Å²) in [7, 11) is 0. The van der Waals surface area contributed by atoms with Gasteiger partial charge in [0.15, 0.2) is 5.69 Å². The predicted octanol–water partition coefficient (Wildman–Crippen LogP) is 15.3. The van der Waals surface area contributed by atoms with E-state index in [-0.39, 0.29) is 5.78 Å². The topological polar surface area (TPSA) is 20.9 Å². The van der Waals surface area contributed by atoms with Crippen molar-refractivity contribution in [3.8, 4) is 0 Å². The van der Waals surface area contributed by atoms with Crippen LogP contribution in [0.25, 0.3) is 10.9 Å². The third-order valence-electron chi connectivity index (χ3n) is 12.4. The number of ketones is 1. The van der Waals surface area contributed by atoms with Crippen molar-refractivity contribution in [3.63, 3.8) is 0 Å². The molecule has 2 nitrogen and oxygen atoms in total. The summed E-state index contributed by atoms with van der Waals surface area (Å²) in [6.07, 6.45) is -54.8. The number of pyridine rings is 1. The van der Waals surface area contributed by atoms with Gasteiger partial charge in [-0.15, -0.1) is 0 Å². The van der Waals surface area contributed by atoms with Gasteiger partial charge in [-0.05, 0) is 36.4 Å². The van der Waals surface area contributed by atoms with Crippen molar-refractivity contribution in [2.45, 2.75) is 75.7 Å². The second-order valence-electron chi connectivity index (χ2n) is 18.1. The largest absolute Gasteiger partial charge is 0.416 e. The van der Waals surface area contributed by atoms with E-state index in [0.717, 1.165) is 16.5 Å². The quantitative estimate of drug-likeness (QED) is 0.0643. The molecule has 422 valence electrons. The fourth-order valence-electron chi connectivity index (χ4n) is 8.89. The number of aromatic nitrogens is 1. The Morgan fingerprint density at radius 1 is 0.367 bits per heavy atom. The van der Waals surface area contributed by atoms with Crippen LogP contribution in [-0.4, -0.2) is 11.9 Å². The Labute approximate surface area is 429 Å². The molecule has 6 aromatic carbocycles. The normalized spacial score (nSPS) is 13.4. The van der Waals surface area contributed by atoms with E-state index in [0.29, 0.717) is 12.5 Å². The van der Waals surface area contributed by atoms with Gasteiger partial charge in [0.05, 0.1) is 44.5 Å². The van der Waals surface area contributed by atoms with Crippen LogP contribution in [0.4, 0.5) is 105 Å². The zero-order chi connectivity index (χ0) is 59.4. The minimum atomic E-state index is -6.13. The van der Waals surface area contributed by atoms with Crippen LogP contribution in [0.3, 0.4) is 0 Å². The second-order valence-corrected chi connectivity index (χ2v) is 18.1. The molecule has 0 aliphatic carbocycles. The predicted molar refractivity (Wildman–Crippen MR) is 239 cm³/mol. The van der Waals surface area contributed by atoms with Gasteiger partial charge in [-0.25, -0.2) is 0 Å². The Morgan fingerprint density at radius 2 is 0.633 bits per heavy atom. The third-order valence-corrected chi connectivity index (χ3v) is 12.4. The number of fused-ring (bicyclic) bond motifs is 1. The van der Waals surface area contributed by atoms with Crippen molar-refractivity contribution in [3.05, 3.63) is 195 Å². The fourth-order valence-corrected chi connectivity index (χ4v) is 8.89. The lowest BCUT2D eigenvalue weighted by atomic mass is 9.12. The van der Waals surface area contributed by atoms with E-state index in [4.69, 9.17) is 0 Å². The summed E-state index contributed by atoms with van der Waals surface area (Å²) >= 11 is 0. The molecule has 0 saturated heterocycles. The standard InChI is InChI=1S/C32H12BF24.C20H20NO/c34-25(35,36)13-1-14(26(37,38)39)6-21(5-13)33(22-7-15(27(40,41)42)2-16(8-22)28(43,44)45,23-9-17(29(46,47)48)3-18(10-23)30(49,50)51)24-11-19(31(52,53)54)4-20(12-24)32(55,56)57;1-15(2)18-13-12-16-8-6-7-11-19(16)21(18)14-20(22)17-9-4-3-5-10-17/h1-12H;3-13,15H,14H2,1-2H3/q-1;+1. The molecule has 27 heteroatoms. The minimum Gasteiger partial charge on any atom is -0.287 e. The summed E-state index contributed by atoms with van der Waals surface area (Å²) in [6, 6.07) is 13.2. The zero-order valence-corrected chi connectivity index (χ0v) is 39.6. The van der Waals surface area contributed by atoms with Gasteiger partial charge < -0.3 is 0 Å². The van der Waals surface area contributed by atoms with Gasteiger partial charge in [0.2, 0.25) is 17.8 Å². The molecule has 7 aromatic rings. The smallest absolute Gasteiger partial charge is 0.287 e. The maximum Gasteiger partial charge on any atom is 0.416 e. The molecule has 1 aromatic heterocycles. The monoisotopic (exact) mass is 1150 g/mol. The maximum atomic E-state index is 14.2. The highest BCUT2D eigenvalue weighted by atomic mass is 19.4. The fraction of sp³-hybridized carbons (Fsp3) is 0.231. The molecule has 0 radical (unpaired) electrons. The summed E-state index contributed by atoms with van der Waals surface area (Å²) < 4.78 is 343. The first-order chi connectivity index (χ1) is 35.9. The average molecular weight is 1150 g/mol. The zero-order valence-electron chi connectivity index (χ0n) is 39.6. The maximum absolute atomic E-state index is 14.2. The first-order valence-electron chi connectivity index (χ1n) is 22.3. The van der Waals surface area contributed by atoms with Gasteiger partial charge in [0.1, 0.15) is 6.15 Å². The molecule has 0 spiro atoms. The summed E-state index contributed by atoms with van der Waals surface area (Å²) in [6.45, 7) is 4.69. The van der Waals surface area contributed by atoms with Crippen LogP contribution < -0.4 is 26.4 Å². The summed E-state index contributed by atoms with van der Waals surface area (Å²) in [5, 5.41) is 1.16. The second kappa shape index (κ2) is 21.1. The molecule has 0 bridgehead atoms. The van der Waals surface area contributed by atoms with Crippen molar-refractivity contribution in [1.29, 1.82) is 0 Å². The number of nitrogens with zero attached hydrogens (tertiary/aromatic N) is 1. The molecule has 7 rings (SSSR count).